The van der Waals surface area contributed by atoms with Crippen LogP contribution < -0.4 is 4.74 Å². The quantitative estimate of drug-likeness (QED) is 0.690. The fourth-order valence-corrected chi connectivity index (χ4v) is 2.33. The Morgan fingerprint density at radius 2 is 1.81 bits per heavy atom. The summed E-state index contributed by atoms with van der Waals surface area (Å²) >= 11 is 0. The standard InChI is InChI=1S/C19H17NO/c1-14-7-12-19(21-2)16(13-14)9-11-17-10-8-15-5-3-4-6-18(15)20-17/h3-13H,1-2H3. The zero-order valence-electron chi connectivity index (χ0n) is 12.2. The van der Waals surface area contributed by atoms with E-state index >= 15 is 0 Å². The van der Waals surface area contributed by atoms with Gasteiger partial charge in [-0.05, 0) is 43.3 Å². The van der Waals surface area contributed by atoms with Crippen molar-refractivity contribution in [1.82, 2.24) is 4.98 Å². The molecule has 2 aromatic carbocycles. The van der Waals surface area contributed by atoms with Crippen molar-refractivity contribution in [3.63, 3.8) is 0 Å². The van der Waals surface area contributed by atoms with Crippen LogP contribution in [0, 0.1) is 6.92 Å². The number of aryl methyl sites for hydroxylation is 1. The summed E-state index contributed by atoms with van der Waals surface area (Å²) in [7, 11) is 1.69. The molecule has 1 heterocycles. The summed E-state index contributed by atoms with van der Waals surface area (Å²) in [4.78, 5) is 4.64. The van der Waals surface area contributed by atoms with Gasteiger partial charge in [-0.2, -0.15) is 0 Å². The molecule has 0 unspecified atom stereocenters. The van der Waals surface area contributed by atoms with Gasteiger partial charge in [-0.25, -0.2) is 4.98 Å². The van der Waals surface area contributed by atoms with Crippen molar-refractivity contribution >= 4 is 23.1 Å². The van der Waals surface area contributed by atoms with Crippen LogP contribution in [0.3, 0.4) is 0 Å². The summed E-state index contributed by atoms with van der Waals surface area (Å²) in [5, 5.41) is 1.16. The van der Waals surface area contributed by atoms with Crippen molar-refractivity contribution in [2.75, 3.05) is 7.11 Å². The first-order valence-corrected chi connectivity index (χ1v) is 6.95. The highest BCUT2D eigenvalue weighted by atomic mass is 16.5. The second kappa shape index (κ2) is 5.80. The molecule has 1 aromatic heterocycles. The van der Waals surface area contributed by atoms with Crippen LogP contribution in [-0.2, 0) is 0 Å². The molecule has 0 saturated heterocycles. The third-order valence-electron chi connectivity index (χ3n) is 3.44. The first-order chi connectivity index (χ1) is 10.3. The van der Waals surface area contributed by atoms with Crippen LogP contribution in [0.2, 0.25) is 0 Å². The lowest BCUT2D eigenvalue weighted by molar-refractivity contribution is 0.414. The lowest BCUT2D eigenvalue weighted by Crippen LogP contribution is -1.88. The van der Waals surface area contributed by atoms with Gasteiger partial charge in [-0.15, -0.1) is 0 Å². The van der Waals surface area contributed by atoms with Crippen LogP contribution in [0.15, 0.2) is 54.6 Å². The normalized spacial score (nSPS) is 11.1. The van der Waals surface area contributed by atoms with Gasteiger partial charge < -0.3 is 4.74 Å². The molecule has 2 nitrogen and oxygen atoms in total. The number of ether oxygens (including phenoxy) is 1. The van der Waals surface area contributed by atoms with Gasteiger partial charge in [0.05, 0.1) is 18.3 Å². The second-order valence-electron chi connectivity index (χ2n) is 5.01. The summed E-state index contributed by atoms with van der Waals surface area (Å²) in [5.41, 5.74) is 4.22. The predicted molar refractivity (Wildman–Crippen MR) is 88.4 cm³/mol. The summed E-state index contributed by atoms with van der Waals surface area (Å²) in [6.07, 6.45) is 4.06. The van der Waals surface area contributed by atoms with Crippen molar-refractivity contribution in [2.24, 2.45) is 0 Å². The molecule has 0 atom stereocenters. The zero-order chi connectivity index (χ0) is 14.7. The van der Waals surface area contributed by atoms with Crippen LogP contribution in [0.4, 0.5) is 0 Å². The first-order valence-electron chi connectivity index (χ1n) is 6.95. The molecule has 0 aliphatic heterocycles. The number of para-hydroxylation sites is 1. The summed E-state index contributed by atoms with van der Waals surface area (Å²) in [6, 6.07) is 18.4. The second-order valence-corrected chi connectivity index (χ2v) is 5.01. The van der Waals surface area contributed by atoms with Crippen LogP contribution in [0.1, 0.15) is 16.8 Å². The van der Waals surface area contributed by atoms with Gasteiger partial charge >= 0.3 is 0 Å². The van der Waals surface area contributed by atoms with E-state index < -0.39 is 0 Å². The number of benzene rings is 2. The Labute approximate surface area is 124 Å². The molecule has 0 fully saturated rings. The van der Waals surface area contributed by atoms with Crippen molar-refractivity contribution in [3.05, 3.63) is 71.4 Å². The zero-order valence-corrected chi connectivity index (χ0v) is 12.2. The third-order valence-corrected chi connectivity index (χ3v) is 3.44. The van der Waals surface area contributed by atoms with Gasteiger partial charge in [0.25, 0.3) is 0 Å². The summed E-state index contributed by atoms with van der Waals surface area (Å²) in [5.74, 6) is 0.873. The number of pyridine rings is 1. The van der Waals surface area contributed by atoms with E-state index in [4.69, 9.17) is 4.74 Å². The lowest BCUT2D eigenvalue weighted by Gasteiger charge is -2.05. The topological polar surface area (TPSA) is 22.1 Å². The maximum absolute atomic E-state index is 5.39. The maximum Gasteiger partial charge on any atom is 0.126 e. The van der Waals surface area contributed by atoms with Gasteiger partial charge in [-0.3, -0.25) is 0 Å². The molecule has 3 aromatic rings. The molecule has 0 amide bonds. The van der Waals surface area contributed by atoms with Crippen molar-refractivity contribution < 1.29 is 4.74 Å². The van der Waals surface area contributed by atoms with Gasteiger partial charge in [0.1, 0.15) is 5.75 Å². The van der Waals surface area contributed by atoms with E-state index in [1.54, 1.807) is 7.11 Å². The minimum Gasteiger partial charge on any atom is -0.496 e. The van der Waals surface area contributed by atoms with E-state index in [0.29, 0.717) is 0 Å². The SMILES string of the molecule is COc1ccc(C)cc1C=Cc1ccc2ccccc2n1. The Balaban J connectivity index is 1.96. The minimum atomic E-state index is 0.873. The molecule has 0 aliphatic carbocycles. The molecular weight excluding hydrogens is 258 g/mol. The van der Waals surface area contributed by atoms with E-state index in [1.165, 1.54) is 5.56 Å². The smallest absolute Gasteiger partial charge is 0.126 e. The molecule has 0 radical (unpaired) electrons. The number of fused-ring (bicyclic) bond motifs is 1. The van der Waals surface area contributed by atoms with Crippen molar-refractivity contribution in [2.45, 2.75) is 6.92 Å². The Bertz CT molecular complexity index is 806. The van der Waals surface area contributed by atoms with Crippen LogP contribution >= 0.6 is 0 Å². The van der Waals surface area contributed by atoms with E-state index in [1.807, 2.05) is 48.6 Å². The lowest BCUT2D eigenvalue weighted by atomic mass is 10.1. The highest BCUT2D eigenvalue weighted by Gasteiger charge is 2.00. The Hall–Kier alpha value is -2.61. The average Bonchev–Trinajstić information content (AvgIpc) is 2.53. The average molecular weight is 275 g/mol. The molecule has 3 rings (SSSR count). The van der Waals surface area contributed by atoms with E-state index in [0.717, 1.165) is 27.9 Å². The summed E-state index contributed by atoms with van der Waals surface area (Å²) in [6.45, 7) is 2.07. The molecule has 21 heavy (non-hydrogen) atoms. The molecule has 0 N–H and O–H groups in total. The molecule has 2 heteroatoms. The fourth-order valence-electron chi connectivity index (χ4n) is 2.33. The molecular formula is C19H17NO. The Kier molecular flexibility index (Phi) is 3.69. The first kappa shape index (κ1) is 13.4. The predicted octanol–water partition coefficient (Wildman–Crippen LogP) is 4.72. The molecule has 0 aliphatic rings. The van der Waals surface area contributed by atoms with Crippen molar-refractivity contribution in [3.8, 4) is 5.75 Å². The largest absolute Gasteiger partial charge is 0.496 e. The summed E-state index contributed by atoms with van der Waals surface area (Å²) < 4.78 is 5.39. The fraction of sp³-hybridized carbons (Fsp3) is 0.105. The molecule has 104 valence electrons. The van der Waals surface area contributed by atoms with Crippen LogP contribution in [0.25, 0.3) is 23.1 Å². The van der Waals surface area contributed by atoms with Crippen LogP contribution in [0.5, 0.6) is 5.75 Å². The van der Waals surface area contributed by atoms with Crippen LogP contribution in [-0.4, -0.2) is 12.1 Å². The number of aromatic nitrogens is 1. The highest BCUT2D eigenvalue weighted by molar-refractivity contribution is 5.81. The van der Waals surface area contributed by atoms with Crippen molar-refractivity contribution in [1.29, 1.82) is 0 Å². The minimum absolute atomic E-state index is 0.873. The van der Waals surface area contributed by atoms with E-state index in [2.05, 4.69) is 30.1 Å². The Morgan fingerprint density at radius 3 is 2.67 bits per heavy atom. The number of methoxy groups -OCH3 is 1. The molecule has 0 bridgehead atoms. The van der Waals surface area contributed by atoms with Gasteiger partial charge in [-0.1, -0.05) is 35.9 Å². The van der Waals surface area contributed by atoms with Gasteiger partial charge in [0, 0.05) is 10.9 Å². The maximum atomic E-state index is 5.39. The highest BCUT2D eigenvalue weighted by Crippen LogP contribution is 2.22. The monoisotopic (exact) mass is 275 g/mol. The number of rotatable bonds is 3. The number of hydrogen-bond acceptors (Lipinski definition) is 2. The molecule has 0 spiro atoms. The van der Waals surface area contributed by atoms with E-state index in [-0.39, 0.29) is 0 Å². The van der Waals surface area contributed by atoms with E-state index in [9.17, 15) is 0 Å². The van der Waals surface area contributed by atoms with Gasteiger partial charge in [0.2, 0.25) is 0 Å². The Morgan fingerprint density at radius 1 is 0.952 bits per heavy atom. The third kappa shape index (κ3) is 2.95. The number of hydrogen-bond donors (Lipinski definition) is 0. The van der Waals surface area contributed by atoms with Gasteiger partial charge in [0.15, 0.2) is 0 Å². The number of nitrogens with zero attached hydrogens (tertiary/aromatic N) is 1. The molecule has 0 saturated carbocycles.